The van der Waals surface area contributed by atoms with Crippen molar-refractivity contribution in [3.63, 3.8) is 0 Å². The van der Waals surface area contributed by atoms with E-state index < -0.39 is 49.5 Å². The topological polar surface area (TPSA) is 145 Å². The lowest BCUT2D eigenvalue weighted by Crippen LogP contribution is -2.55. The Balaban J connectivity index is 3.21. The van der Waals surface area contributed by atoms with Crippen LogP contribution < -0.4 is 17.1 Å². The van der Waals surface area contributed by atoms with E-state index in [4.69, 9.17) is 14.2 Å². The highest BCUT2D eigenvalue weighted by Gasteiger charge is 2.18. The van der Waals surface area contributed by atoms with Gasteiger partial charge >= 0.3 is 35.0 Å². The lowest BCUT2D eigenvalue weighted by Gasteiger charge is -2.15. The first-order valence-corrected chi connectivity index (χ1v) is 12.5. The number of carbonyl (C=O) groups excluding carboxylic acids is 3. The molecule has 15 heteroatoms. The van der Waals surface area contributed by atoms with Crippen molar-refractivity contribution < 1.29 is 28.6 Å². The average Bonchev–Trinajstić information content (AvgIpc) is 2.74. The van der Waals surface area contributed by atoms with Crippen molar-refractivity contribution in [3.8, 4) is 0 Å². The van der Waals surface area contributed by atoms with Crippen LogP contribution in [0.15, 0.2) is 14.4 Å². The van der Waals surface area contributed by atoms with Gasteiger partial charge in [-0.25, -0.2) is 28.1 Å². The third-order valence-corrected chi connectivity index (χ3v) is 5.16. The van der Waals surface area contributed by atoms with Crippen LogP contribution in [-0.2, 0) is 48.2 Å². The van der Waals surface area contributed by atoms with Gasteiger partial charge < -0.3 is 14.2 Å². The summed E-state index contributed by atoms with van der Waals surface area (Å²) in [5.74, 6) is -1.78. The number of hydrogen-bond donors (Lipinski definition) is 0. The molecule has 0 aromatic carbocycles. The molecule has 12 nitrogen and oxygen atoms in total. The molecule has 0 saturated carbocycles. The third kappa shape index (κ3) is 8.85. The second-order valence-corrected chi connectivity index (χ2v) is 10.8. The minimum absolute atomic E-state index is 0.297. The first-order chi connectivity index (χ1) is 15.4. The Morgan fingerprint density at radius 3 is 1.00 bits per heavy atom. The number of alkyl halides is 3. The van der Waals surface area contributed by atoms with E-state index in [1.807, 2.05) is 0 Å². The molecule has 0 fully saturated rings. The molecule has 1 rings (SSSR count). The van der Waals surface area contributed by atoms with Crippen LogP contribution in [-0.4, -0.2) is 65.9 Å². The summed E-state index contributed by atoms with van der Waals surface area (Å²) >= 11 is 9.13. The molecule has 0 N–H and O–H groups in total. The highest BCUT2D eigenvalue weighted by molar-refractivity contribution is 9.10. The third-order valence-electron chi connectivity index (χ3n) is 4.04. The number of aromatic nitrogens is 3. The summed E-state index contributed by atoms with van der Waals surface area (Å²) in [4.78, 5) is 71.4. The molecule has 0 aliphatic carbocycles. The number of esters is 3. The Bertz CT molecular complexity index is 869. The Morgan fingerprint density at radius 1 is 0.606 bits per heavy atom. The zero-order chi connectivity index (χ0) is 25.3. The summed E-state index contributed by atoms with van der Waals surface area (Å²) in [6, 6.07) is 0. The second kappa shape index (κ2) is 13.8. The zero-order valence-corrected chi connectivity index (χ0v) is 22.9. The SMILES string of the molecule is CC(Br)C(=O)OCCn1c(=O)n(CCOC(=O)C(C)Br)c(=O)n(CCOC(=O)C(C)Br)c1=O. The van der Waals surface area contributed by atoms with Crippen molar-refractivity contribution >= 4 is 65.7 Å². The quantitative estimate of drug-likeness (QED) is 0.173. The fourth-order valence-corrected chi connectivity index (χ4v) is 2.71. The number of ether oxygens (including phenoxy) is 3. The van der Waals surface area contributed by atoms with Gasteiger partial charge in [0, 0.05) is 0 Å². The van der Waals surface area contributed by atoms with Crippen LogP contribution in [0.25, 0.3) is 0 Å². The number of halogens is 3. The molecule has 1 aromatic rings. The van der Waals surface area contributed by atoms with Crippen LogP contribution in [0, 0.1) is 0 Å². The van der Waals surface area contributed by atoms with Gasteiger partial charge in [0.2, 0.25) is 0 Å². The van der Waals surface area contributed by atoms with E-state index in [-0.39, 0.29) is 39.5 Å². The van der Waals surface area contributed by atoms with Crippen LogP contribution in [0.1, 0.15) is 20.8 Å². The van der Waals surface area contributed by atoms with Crippen LogP contribution >= 0.6 is 47.8 Å². The first-order valence-electron chi connectivity index (χ1n) is 9.75. The number of hydrogen-bond acceptors (Lipinski definition) is 9. The van der Waals surface area contributed by atoms with Crippen molar-refractivity contribution in [2.75, 3.05) is 19.8 Å². The van der Waals surface area contributed by atoms with Crippen LogP contribution in [0.2, 0.25) is 0 Å². The molecule has 0 saturated heterocycles. The molecule has 0 aliphatic heterocycles. The smallest absolute Gasteiger partial charge is 0.336 e. The molecule has 1 heterocycles. The van der Waals surface area contributed by atoms with E-state index in [0.29, 0.717) is 0 Å². The predicted molar refractivity (Wildman–Crippen MR) is 127 cm³/mol. The lowest BCUT2D eigenvalue weighted by molar-refractivity contribution is -0.143. The van der Waals surface area contributed by atoms with Gasteiger partial charge in [0.25, 0.3) is 0 Å². The Kier molecular flexibility index (Phi) is 12.3. The van der Waals surface area contributed by atoms with Gasteiger partial charge in [-0.3, -0.25) is 14.4 Å². The van der Waals surface area contributed by atoms with E-state index >= 15 is 0 Å². The molecule has 0 amide bonds. The lowest BCUT2D eigenvalue weighted by atomic mass is 10.5. The van der Waals surface area contributed by atoms with Gasteiger partial charge in [-0.1, -0.05) is 47.8 Å². The molecule has 1 aromatic heterocycles. The van der Waals surface area contributed by atoms with E-state index in [1.165, 1.54) is 0 Å². The summed E-state index contributed by atoms with van der Waals surface area (Å²) in [7, 11) is 0. The molecule has 33 heavy (non-hydrogen) atoms. The molecule has 0 radical (unpaired) electrons. The van der Waals surface area contributed by atoms with E-state index in [2.05, 4.69) is 47.8 Å². The summed E-state index contributed by atoms with van der Waals surface area (Å²) in [6.45, 7) is 2.79. The van der Waals surface area contributed by atoms with Gasteiger partial charge in [-0.15, -0.1) is 0 Å². The van der Waals surface area contributed by atoms with E-state index in [1.54, 1.807) is 20.8 Å². The maximum atomic E-state index is 12.8. The molecule has 0 spiro atoms. The van der Waals surface area contributed by atoms with Crippen LogP contribution in [0.4, 0.5) is 0 Å². The van der Waals surface area contributed by atoms with Gasteiger partial charge in [0.15, 0.2) is 0 Å². The van der Waals surface area contributed by atoms with E-state index in [0.717, 1.165) is 13.7 Å². The fraction of sp³-hybridized carbons (Fsp3) is 0.667. The van der Waals surface area contributed by atoms with Gasteiger partial charge in [-0.05, 0) is 20.8 Å². The Labute approximate surface area is 213 Å². The number of nitrogens with zero attached hydrogens (tertiary/aromatic N) is 3. The van der Waals surface area contributed by atoms with Crippen molar-refractivity contribution in [1.29, 1.82) is 0 Å². The van der Waals surface area contributed by atoms with Gasteiger partial charge in [-0.2, -0.15) is 0 Å². The van der Waals surface area contributed by atoms with Crippen LogP contribution in [0.3, 0.4) is 0 Å². The first kappa shape index (κ1) is 29.3. The van der Waals surface area contributed by atoms with Crippen molar-refractivity contribution in [1.82, 2.24) is 13.7 Å². The molecule has 0 aliphatic rings. The molecular weight excluding hydrogens is 642 g/mol. The fourth-order valence-electron chi connectivity index (χ4n) is 2.31. The van der Waals surface area contributed by atoms with E-state index in [9.17, 15) is 28.8 Å². The Hall–Kier alpha value is -1.74. The average molecular weight is 666 g/mol. The highest BCUT2D eigenvalue weighted by Crippen LogP contribution is 2.01. The van der Waals surface area contributed by atoms with Gasteiger partial charge in [0.05, 0.1) is 19.6 Å². The molecular formula is C18H24Br3N3O9. The summed E-state index contributed by atoms with van der Waals surface area (Å²) in [6.07, 6.45) is 0. The van der Waals surface area contributed by atoms with Crippen LogP contribution in [0.5, 0.6) is 0 Å². The predicted octanol–water partition coefficient (Wildman–Crippen LogP) is 0.152. The molecule has 3 unspecified atom stereocenters. The normalized spacial score (nSPS) is 13.6. The molecule has 186 valence electrons. The zero-order valence-electron chi connectivity index (χ0n) is 18.1. The second-order valence-electron chi connectivity index (χ2n) is 6.65. The number of rotatable bonds is 12. The maximum Gasteiger partial charge on any atom is 0.336 e. The standard InChI is InChI=1S/C18H24Br3N3O9/c1-10(19)13(25)31-7-4-22-16(28)23(5-8-32-14(26)11(2)20)18(30)24(17(22)29)6-9-33-15(27)12(3)21/h10-12H,4-9H2,1-3H3. The van der Waals surface area contributed by atoms with Gasteiger partial charge in [0.1, 0.15) is 34.3 Å². The van der Waals surface area contributed by atoms with Crippen molar-refractivity contribution in [2.45, 2.75) is 54.9 Å². The van der Waals surface area contributed by atoms with Crippen molar-refractivity contribution in [2.24, 2.45) is 0 Å². The number of carbonyl (C=O) groups is 3. The minimum Gasteiger partial charge on any atom is -0.463 e. The van der Waals surface area contributed by atoms with Crippen molar-refractivity contribution in [3.05, 3.63) is 31.5 Å². The minimum atomic E-state index is -0.960. The summed E-state index contributed by atoms with van der Waals surface area (Å²) < 4.78 is 17.1. The summed E-state index contributed by atoms with van der Waals surface area (Å²) in [5.41, 5.74) is -2.88. The summed E-state index contributed by atoms with van der Waals surface area (Å²) in [5, 5.41) is 0. The monoisotopic (exact) mass is 663 g/mol. The molecule has 0 bridgehead atoms. The highest BCUT2D eigenvalue weighted by atomic mass is 79.9. The largest absolute Gasteiger partial charge is 0.463 e. The molecule has 3 atom stereocenters. The Morgan fingerprint density at radius 2 is 0.818 bits per heavy atom. The maximum absolute atomic E-state index is 12.8.